The van der Waals surface area contributed by atoms with Gasteiger partial charge in [0, 0.05) is 6.07 Å². The maximum Gasteiger partial charge on any atom is 0.287 e. The first-order valence-electron chi connectivity index (χ1n) is 8.40. The van der Waals surface area contributed by atoms with Gasteiger partial charge in [-0.25, -0.2) is 9.67 Å². The smallest absolute Gasteiger partial charge is 0.287 e. The molecule has 0 radical (unpaired) electrons. The van der Waals surface area contributed by atoms with E-state index in [4.69, 9.17) is 4.42 Å². The quantitative estimate of drug-likeness (QED) is 0.604. The van der Waals surface area contributed by atoms with Gasteiger partial charge in [-0.3, -0.25) is 9.59 Å². The van der Waals surface area contributed by atoms with Crippen LogP contribution in [0.25, 0.3) is 16.7 Å². The first kappa shape index (κ1) is 16.7. The number of carbonyl (C=O) groups is 1. The van der Waals surface area contributed by atoms with Crippen LogP contribution >= 0.6 is 0 Å². The van der Waals surface area contributed by atoms with Crippen molar-refractivity contribution in [2.24, 2.45) is 0 Å². The highest BCUT2D eigenvalue weighted by Crippen LogP contribution is 2.17. The molecule has 27 heavy (non-hydrogen) atoms. The van der Waals surface area contributed by atoms with E-state index in [0.29, 0.717) is 11.0 Å². The molecule has 0 aliphatic heterocycles. The lowest BCUT2D eigenvalue weighted by atomic mass is 10.1. The molecule has 2 aromatic heterocycles. The normalized spacial score (nSPS) is 12.0. The molecule has 2 heterocycles. The molecule has 7 heteroatoms. The number of para-hydroxylation sites is 1. The molecule has 134 valence electrons. The number of hydrogen-bond donors (Lipinski definition) is 1. The molecule has 7 nitrogen and oxygen atoms in total. The Morgan fingerprint density at radius 1 is 1.15 bits per heavy atom. The SMILES string of the molecule is CC(NC(=O)c1cc(=O)c2ccccc2o1)c1ccc(-n2cncn2)cc1. The van der Waals surface area contributed by atoms with Gasteiger partial charge in [0.2, 0.25) is 0 Å². The summed E-state index contributed by atoms with van der Waals surface area (Å²) >= 11 is 0. The number of aromatic nitrogens is 3. The minimum atomic E-state index is -0.439. The Morgan fingerprint density at radius 2 is 1.93 bits per heavy atom. The van der Waals surface area contributed by atoms with E-state index in [9.17, 15) is 9.59 Å². The molecule has 0 spiro atoms. The van der Waals surface area contributed by atoms with Gasteiger partial charge >= 0.3 is 0 Å². The summed E-state index contributed by atoms with van der Waals surface area (Å²) in [5.41, 5.74) is 1.93. The number of rotatable bonds is 4. The molecule has 0 saturated carbocycles. The molecule has 0 aliphatic rings. The summed E-state index contributed by atoms with van der Waals surface area (Å²) in [5.74, 6) is -0.449. The highest BCUT2D eigenvalue weighted by Gasteiger charge is 2.15. The number of hydrogen-bond acceptors (Lipinski definition) is 5. The van der Waals surface area contributed by atoms with E-state index < -0.39 is 5.91 Å². The van der Waals surface area contributed by atoms with Gasteiger partial charge in [-0.2, -0.15) is 5.10 Å². The first-order valence-corrected chi connectivity index (χ1v) is 8.40. The summed E-state index contributed by atoms with van der Waals surface area (Å²) in [6, 6.07) is 15.4. The molecular formula is C20H16N4O3. The second-order valence-electron chi connectivity index (χ2n) is 6.10. The van der Waals surface area contributed by atoms with E-state index >= 15 is 0 Å². The Kier molecular flexibility index (Phi) is 4.25. The Morgan fingerprint density at radius 3 is 2.67 bits per heavy atom. The predicted molar refractivity (Wildman–Crippen MR) is 99.7 cm³/mol. The third-order valence-electron chi connectivity index (χ3n) is 4.28. The molecule has 0 fully saturated rings. The molecule has 2 aromatic carbocycles. The molecule has 0 bridgehead atoms. The van der Waals surface area contributed by atoms with E-state index in [1.165, 1.54) is 12.4 Å². The van der Waals surface area contributed by atoms with Gasteiger partial charge in [-0.15, -0.1) is 0 Å². The maximum atomic E-state index is 12.5. The van der Waals surface area contributed by atoms with Gasteiger partial charge in [0.05, 0.1) is 17.1 Å². The van der Waals surface area contributed by atoms with Gasteiger partial charge in [0.1, 0.15) is 18.2 Å². The standard InChI is InChI=1S/C20H16N4O3/c1-13(14-6-8-15(9-7-14)24-12-21-11-22-24)23-20(26)19-10-17(25)16-4-2-3-5-18(16)27-19/h2-13H,1H3,(H,23,26). The molecule has 0 saturated heterocycles. The van der Waals surface area contributed by atoms with Crippen molar-refractivity contribution in [2.75, 3.05) is 0 Å². The van der Waals surface area contributed by atoms with Crippen molar-refractivity contribution in [3.05, 3.63) is 88.8 Å². The molecular weight excluding hydrogens is 344 g/mol. The average molecular weight is 360 g/mol. The van der Waals surface area contributed by atoms with Gasteiger partial charge < -0.3 is 9.73 Å². The van der Waals surface area contributed by atoms with Crippen molar-refractivity contribution in [1.29, 1.82) is 0 Å². The Hall–Kier alpha value is -3.74. The molecule has 1 atom stereocenters. The van der Waals surface area contributed by atoms with E-state index in [0.717, 1.165) is 11.3 Å². The summed E-state index contributed by atoms with van der Waals surface area (Å²) < 4.78 is 7.23. The number of carbonyl (C=O) groups excluding carboxylic acids is 1. The summed E-state index contributed by atoms with van der Waals surface area (Å²) in [7, 11) is 0. The third kappa shape index (κ3) is 3.35. The van der Waals surface area contributed by atoms with Crippen molar-refractivity contribution in [2.45, 2.75) is 13.0 Å². The predicted octanol–water partition coefficient (Wildman–Crippen LogP) is 2.86. The molecule has 4 aromatic rings. The second-order valence-corrected chi connectivity index (χ2v) is 6.10. The monoisotopic (exact) mass is 360 g/mol. The lowest BCUT2D eigenvalue weighted by Crippen LogP contribution is -2.27. The van der Waals surface area contributed by atoms with Crippen molar-refractivity contribution >= 4 is 16.9 Å². The summed E-state index contributed by atoms with van der Waals surface area (Å²) in [6.45, 7) is 1.86. The molecule has 4 rings (SSSR count). The van der Waals surface area contributed by atoms with Crippen LogP contribution in [0.5, 0.6) is 0 Å². The minimum absolute atomic E-state index is 0.00946. The maximum absolute atomic E-state index is 12.5. The highest BCUT2D eigenvalue weighted by atomic mass is 16.3. The van der Waals surface area contributed by atoms with Crippen LogP contribution in [0.3, 0.4) is 0 Å². The zero-order valence-corrected chi connectivity index (χ0v) is 14.5. The average Bonchev–Trinajstić information content (AvgIpc) is 3.23. The van der Waals surface area contributed by atoms with E-state index in [1.54, 1.807) is 35.3 Å². The third-order valence-corrected chi connectivity index (χ3v) is 4.28. The summed E-state index contributed by atoms with van der Waals surface area (Å²) in [4.78, 5) is 28.6. The molecule has 1 amide bonds. The Labute approximate surface area is 154 Å². The second kappa shape index (κ2) is 6.87. The van der Waals surface area contributed by atoms with Crippen LogP contribution in [0.1, 0.15) is 29.1 Å². The van der Waals surface area contributed by atoms with Crippen molar-refractivity contribution in [3.63, 3.8) is 0 Å². The number of benzene rings is 2. The Bertz CT molecular complexity index is 1150. The zero-order valence-electron chi connectivity index (χ0n) is 14.5. The molecule has 1 N–H and O–H groups in total. The van der Waals surface area contributed by atoms with Crippen LogP contribution in [0, 0.1) is 0 Å². The van der Waals surface area contributed by atoms with Gasteiger partial charge in [-0.05, 0) is 36.8 Å². The molecule has 1 unspecified atom stereocenters. The highest BCUT2D eigenvalue weighted by molar-refractivity contribution is 5.93. The number of fused-ring (bicyclic) bond motifs is 1. The number of amides is 1. The van der Waals surface area contributed by atoms with E-state index in [1.807, 2.05) is 31.2 Å². The van der Waals surface area contributed by atoms with Crippen molar-refractivity contribution in [1.82, 2.24) is 20.1 Å². The fourth-order valence-electron chi connectivity index (χ4n) is 2.82. The van der Waals surface area contributed by atoms with Crippen molar-refractivity contribution in [3.8, 4) is 5.69 Å². The molecule has 0 aliphatic carbocycles. The number of nitrogens with zero attached hydrogens (tertiary/aromatic N) is 3. The summed E-state index contributed by atoms with van der Waals surface area (Å²) in [5, 5.41) is 7.38. The topological polar surface area (TPSA) is 90.0 Å². The van der Waals surface area contributed by atoms with Crippen LogP contribution < -0.4 is 10.7 Å². The van der Waals surface area contributed by atoms with E-state index in [-0.39, 0.29) is 17.2 Å². The number of nitrogens with one attached hydrogen (secondary N) is 1. The fraction of sp³-hybridized carbons (Fsp3) is 0.100. The fourth-order valence-corrected chi connectivity index (χ4v) is 2.82. The van der Waals surface area contributed by atoms with Crippen LogP contribution in [0.2, 0.25) is 0 Å². The lowest BCUT2D eigenvalue weighted by molar-refractivity contribution is 0.0912. The largest absolute Gasteiger partial charge is 0.451 e. The van der Waals surface area contributed by atoms with Crippen LogP contribution in [0.15, 0.2) is 76.5 Å². The van der Waals surface area contributed by atoms with Crippen LogP contribution in [0.4, 0.5) is 0 Å². The van der Waals surface area contributed by atoms with Gasteiger partial charge in [0.15, 0.2) is 11.2 Å². The van der Waals surface area contributed by atoms with Crippen LogP contribution in [-0.2, 0) is 0 Å². The van der Waals surface area contributed by atoms with Crippen LogP contribution in [-0.4, -0.2) is 20.7 Å². The first-order chi connectivity index (χ1) is 13.1. The summed E-state index contributed by atoms with van der Waals surface area (Å²) in [6.07, 6.45) is 3.08. The zero-order chi connectivity index (χ0) is 18.8. The Balaban J connectivity index is 1.53. The van der Waals surface area contributed by atoms with Gasteiger partial charge in [-0.1, -0.05) is 24.3 Å². The van der Waals surface area contributed by atoms with Crippen molar-refractivity contribution < 1.29 is 9.21 Å². The lowest BCUT2D eigenvalue weighted by Gasteiger charge is -2.14. The minimum Gasteiger partial charge on any atom is -0.451 e. The van der Waals surface area contributed by atoms with E-state index in [2.05, 4.69) is 15.4 Å². The van der Waals surface area contributed by atoms with Gasteiger partial charge in [0.25, 0.3) is 5.91 Å².